The summed E-state index contributed by atoms with van der Waals surface area (Å²) in [6.07, 6.45) is 5.75. The number of nitrogens with one attached hydrogen (secondary N) is 1. The summed E-state index contributed by atoms with van der Waals surface area (Å²) in [6, 6.07) is 6.14. The molecule has 2 rings (SSSR count). The van der Waals surface area contributed by atoms with Gasteiger partial charge in [-0.2, -0.15) is 4.98 Å². The number of aromatic nitrogens is 3. The van der Waals surface area contributed by atoms with E-state index in [1.54, 1.807) is 0 Å². The van der Waals surface area contributed by atoms with Gasteiger partial charge in [0.1, 0.15) is 5.82 Å². The first-order valence-corrected chi connectivity index (χ1v) is 8.24. The number of hydrogen-bond donors (Lipinski definition) is 1. The lowest BCUT2D eigenvalue weighted by molar-refractivity contribution is 0.605. The second-order valence-electron chi connectivity index (χ2n) is 6.33. The van der Waals surface area contributed by atoms with Crippen molar-refractivity contribution in [1.82, 2.24) is 15.0 Å². The Hall–Kier alpha value is -2.17. The van der Waals surface area contributed by atoms with Crippen LogP contribution in [0, 0.1) is 12.8 Å². The smallest absolute Gasteiger partial charge is 0.224 e. The first kappa shape index (κ1) is 17.2. The van der Waals surface area contributed by atoms with Gasteiger partial charge in [0.05, 0.1) is 0 Å². The number of hydrogen-bond acceptors (Lipinski definition) is 5. The number of anilines is 2. The maximum absolute atomic E-state index is 4.63. The Morgan fingerprint density at radius 3 is 2.61 bits per heavy atom. The first-order chi connectivity index (χ1) is 11.0. The highest BCUT2D eigenvalue weighted by Gasteiger charge is 2.07. The average Bonchev–Trinajstić information content (AvgIpc) is 2.52. The van der Waals surface area contributed by atoms with E-state index in [2.05, 4.69) is 58.2 Å². The minimum absolute atomic E-state index is 0.676. The molecule has 0 amide bonds. The van der Waals surface area contributed by atoms with Crippen LogP contribution < -0.4 is 10.2 Å². The fraction of sp³-hybridized carbons (Fsp3) is 0.500. The van der Waals surface area contributed by atoms with Crippen LogP contribution in [0.1, 0.15) is 31.5 Å². The Kier molecular flexibility index (Phi) is 6.32. The maximum atomic E-state index is 4.63. The van der Waals surface area contributed by atoms with E-state index in [0.29, 0.717) is 5.92 Å². The molecule has 2 aromatic heterocycles. The highest BCUT2D eigenvalue weighted by Crippen LogP contribution is 2.14. The summed E-state index contributed by atoms with van der Waals surface area (Å²) in [4.78, 5) is 15.3. The van der Waals surface area contributed by atoms with Crippen LogP contribution >= 0.6 is 0 Å². The van der Waals surface area contributed by atoms with Crippen molar-refractivity contribution in [3.05, 3.63) is 41.9 Å². The van der Waals surface area contributed by atoms with Gasteiger partial charge in [-0.3, -0.25) is 4.98 Å². The van der Waals surface area contributed by atoms with Crippen molar-refractivity contribution in [1.29, 1.82) is 0 Å². The third-order valence-corrected chi connectivity index (χ3v) is 3.72. The summed E-state index contributed by atoms with van der Waals surface area (Å²) in [5, 5.41) is 3.33. The Morgan fingerprint density at radius 1 is 1.17 bits per heavy atom. The molecule has 0 atom stereocenters. The predicted molar refractivity (Wildman–Crippen MR) is 95.9 cm³/mol. The average molecular weight is 313 g/mol. The molecule has 0 unspecified atom stereocenters. The summed E-state index contributed by atoms with van der Waals surface area (Å²) in [6.45, 7) is 8.26. The molecule has 0 saturated carbocycles. The van der Waals surface area contributed by atoms with E-state index in [-0.39, 0.29) is 0 Å². The van der Waals surface area contributed by atoms with Crippen molar-refractivity contribution in [2.24, 2.45) is 5.92 Å². The Balaban J connectivity index is 1.96. The third-order valence-electron chi connectivity index (χ3n) is 3.72. The van der Waals surface area contributed by atoms with Crippen LogP contribution in [0.25, 0.3) is 0 Å². The fourth-order valence-corrected chi connectivity index (χ4v) is 2.26. The Bertz CT molecular complexity index is 598. The van der Waals surface area contributed by atoms with Crippen molar-refractivity contribution in [2.45, 2.75) is 33.6 Å². The van der Waals surface area contributed by atoms with E-state index >= 15 is 0 Å². The zero-order valence-electron chi connectivity index (χ0n) is 14.6. The van der Waals surface area contributed by atoms with Gasteiger partial charge in [0.15, 0.2) is 0 Å². The molecule has 0 aliphatic carbocycles. The standard InChI is InChI=1S/C18H27N5/c1-14(2)5-11-20-18-21-15(3)13-17(22-18)23(4)12-8-16-6-9-19-10-7-16/h6-7,9-10,13-14H,5,8,11-12H2,1-4H3,(H,20,21,22). The molecule has 2 heterocycles. The van der Waals surface area contributed by atoms with Crippen molar-refractivity contribution >= 4 is 11.8 Å². The number of aryl methyl sites for hydroxylation is 1. The lowest BCUT2D eigenvalue weighted by atomic mass is 10.1. The van der Waals surface area contributed by atoms with Gasteiger partial charge in [-0.1, -0.05) is 13.8 Å². The minimum Gasteiger partial charge on any atom is -0.359 e. The van der Waals surface area contributed by atoms with Gasteiger partial charge in [-0.25, -0.2) is 4.98 Å². The summed E-state index contributed by atoms with van der Waals surface area (Å²) < 4.78 is 0. The van der Waals surface area contributed by atoms with E-state index in [9.17, 15) is 0 Å². The van der Waals surface area contributed by atoms with Gasteiger partial charge in [0, 0.05) is 44.3 Å². The van der Waals surface area contributed by atoms with Gasteiger partial charge < -0.3 is 10.2 Å². The molecule has 0 aliphatic rings. The monoisotopic (exact) mass is 313 g/mol. The lowest BCUT2D eigenvalue weighted by Gasteiger charge is -2.19. The molecule has 0 spiro atoms. The molecular weight excluding hydrogens is 286 g/mol. The second kappa shape index (κ2) is 8.46. The molecule has 5 heteroatoms. The Morgan fingerprint density at radius 2 is 1.91 bits per heavy atom. The fourth-order valence-electron chi connectivity index (χ4n) is 2.26. The largest absolute Gasteiger partial charge is 0.359 e. The quantitative estimate of drug-likeness (QED) is 0.810. The molecule has 0 fully saturated rings. The number of nitrogens with zero attached hydrogens (tertiary/aromatic N) is 4. The van der Waals surface area contributed by atoms with Crippen LogP contribution in [0.15, 0.2) is 30.6 Å². The van der Waals surface area contributed by atoms with Gasteiger partial charge in [0.25, 0.3) is 0 Å². The minimum atomic E-state index is 0.676. The van der Waals surface area contributed by atoms with E-state index < -0.39 is 0 Å². The van der Waals surface area contributed by atoms with Gasteiger partial charge in [-0.15, -0.1) is 0 Å². The molecule has 0 aliphatic heterocycles. The zero-order valence-corrected chi connectivity index (χ0v) is 14.6. The molecule has 1 N–H and O–H groups in total. The van der Waals surface area contributed by atoms with E-state index in [1.165, 1.54) is 5.56 Å². The van der Waals surface area contributed by atoms with Crippen LogP contribution in [0.4, 0.5) is 11.8 Å². The maximum Gasteiger partial charge on any atom is 0.224 e. The third kappa shape index (κ3) is 5.85. The highest BCUT2D eigenvalue weighted by atomic mass is 15.2. The van der Waals surface area contributed by atoms with Crippen LogP contribution in [-0.2, 0) is 6.42 Å². The summed E-state index contributed by atoms with van der Waals surface area (Å²) in [5.74, 6) is 2.35. The van der Waals surface area contributed by atoms with Crippen molar-refractivity contribution in [3.8, 4) is 0 Å². The zero-order chi connectivity index (χ0) is 16.7. The van der Waals surface area contributed by atoms with Crippen LogP contribution in [-0.4, -0.2) is 35.1 Å². The molecule has 124 valence electrons. The van der Waals surface area contributed by atoms with Gasteiger partial charge in [-0.05, 0) is 43.4 Å². The highest BCUT2D eigenvalue weighted by molar-refractivity contribution is 5.44. The SMILES string of the molecule is Cc1cc(N(C)CCc2ccncc2)nc(NCCC(C)C)n1. The number of likely N-dealkylation sites (N-methyl/N-ethyl adjacent to an activating group) is 1. The number of rotatable bonds is 8. The van der Waals surface area contributed by atoms with Gasteiger partial charge in [0.2, 0.25) is 5.95 Å². The summed E-state index contributed by atoms with van der Waals surface area (Å²) in [7, 11) is 2.07. The summed E-state index contributed by atoms with van der Waals surface area (Å²) >= 11 is 0. The second-order valence-corrected chi connectivity index (χ2v) is 6.33. The topological polar surface area (TPSA) is 53.9 Å². The molecule has 0 saturated heterocycles. The molecule has 5 nitrogen and oxygen atoms in total. The van der Waals surface area contributed by atoms with Crippen molar-refractivity contribution < 1.29 is 0 Å². The van der Waals surface area contributed by atoms with E-state index in [4.69, 9.17) is 0 Å². The first-order valence-electron chi connectivity index (χ1n) is 8.24. The van der Waals surface area contributed by atoms with Crippen molar-refractivity contribution in [2.75, 3.05) is 30.4 Å². The normalized spacial score (nSPS) is 10.8. The predicted octanol–water partition coefficient (Wildman–Crippen LogP) is 3.32. The molecule has 0 aromatic carbocycles. The van der Waals surface area contributed by atoms with Crippen LogP contribution in [0.3, 0.4) is 0 Å². The lowest BCUT2D eigenvalue weighted by Crippen LogP contribution is -2.22. The Labute approximate surface area is 139 Å². The molecule has 23 heavy (non-hydrogen) atoms. The van der Waals surface area contributed by atoms with Crippen LogP contribution in [0.5, 0.6) is 0 Å². The molecular formula is C18H27N5. The number of pyridine rings is 1. The summed E-state index contributed by atoms with van der Waals surface area (Å²) in [5.41, 5.74) is 2.27. The van der Waals surface area contributed by atoms with Crippen molar-refractivity contribution in [3.63, 3.8) is 0 Å². The van der Waals surface area contributed by atoms with E-state index in [0.717, 1.165) is 43.4 Å². The molecule has 0 bridgehead atoms. The van der Waals surface area contributed by atoms with Crippen LogP contribution in [0.2, 0.25) is 0 Å². The van der Waals surface area contributed by atoms with E-state index in [1.807, 2.05) is 25.4 Å². The molecule has 0 radical (unpaired) electrons. The van der Waals surface area contributed by atoms with Gasteiger partial charge >= 0.3 is 0 Å². The molecule has 2 aromatic rings.